The Balaban J connectivity index is 3.00. The highest BCUT2D eigenvalue weighted by molar-refractivity contribution is 14.1. The van der Waals surface area contributed by atoms with E-state index in [9.17, 15) is 0 Å². The van der Waals surface area contributed by atoms with Crippen LogP contribution < -0.4 is 5.73 Å². The Kier molecular flexibility index (Phi) is 4.38. The van der Waals surface area contributed by atoms with Gasteiger partial charge in [-0.2, -0.15) is 0 Å². The molecule has 0 radical (unpaired) electrons. The maximum absolute atomic E-state index is 6.09. The third-order valence-electron chi connectivity index (χ3n) is 2.49. The molecule has 2 heteroatoms. The van der Waals surface area contributed by atoms with E-state index in [1.165, 1.54) is 20.3 Å². The zero-order valence-electron chi connectivity index (χ0n) is 9.10. The Bertz CT molecular complexity index is 297. The highest BCUT2D eigenvalue weighted by Gasteiger charge is 2.08. The summed E-state index contributed by atoms with van der Waals surface area (Å²) in [6.45, 7) is 6.47. The van der Waals surface area contributed by atoms with Gasteiger partial charge in [0.25, 0.3) is 0 Å². The number of benzene rings is 1. The molecule has 1 nitrogen and oxygen atoms in total. The van der Waals surface area contributed by atoms with E-state index < -0.39 is 0 Å². The first-order valence-corrected chi connectivity index (χ1v) is 6.16. The van der Waals surface area contributed by atoms with Crippen molar-refractivity contribution in [3.8, 4) is 0 Å². The summed E-state index contributed by atoms with van der Waals surface area (Å²) in [5.74, 6) is 0. The van der Waals surface area contributed by atoms with Gasteiger partial charge in [-0.25, -0.2) is 0 Å². The van der Waals surface area contributed by atoms with Crippen molar-refractivity contribution in [1.29, 1.82) is 0 Å². The Morgan fingerprint density at radius 1 is 1.29 bits per heavy atom. The average Bonchev–Trinajstić information content (AvgIpc) is 2.13. The van der Waals surface area contributed by atoms with Crippen molar-refractivity contribution in [3.05, 3.63) is 32.4 Å². The summed E-state index contributed by atoms with van der Waals surface area (Å²) in [5.41, 5.74) is 10.1. The topological polar surface area (TPSA) is 26.0 Å². The molecule has 1 aromatic carbocycles. The number of aryl methyl sites for hydroxylation is 2. The van der Waals surface area contributed by atoms with E-state index in [0.717, 1.165) is 12.8 Å². The number of hydrogen-bond acceptors (Lipinski definition) is 1. The quantitative estimate of drug-likeness (QED) is 0.846. The van der Waals surface area contributed by atoms with Crippen LogP contribution in [0.3, 0.4) is 0 Å². The summed E-state index contributed by atoms with van der Waals surface area (Å²) in [7, 11) is 0. The monoisotopic (exact) mass is 303 g/mol. The molecule has 2 N–H and O–H groups in total. The van der Waals surface area contributed by atoms with Crippen molar-refractivity contribution >= 4 is 22.6 Å². The Morgan fingerprint density at radius 3 is 2.21 bits per heavy atom. The molecule has 0 saturated heterocycles. The summed E-state index contributed by atoms with van der Waals surface area (Å²) < 4.78 is 1.36. The maximum Gasteiger partial charge on any atom is 0.0294 e. The van der Waals surface area contributed by atoms with Gasteiger partial charge >= 0.3 is 0 Å². The van der Waals surface area contributed by atoms with Crippen LogP contribution in [-0.4, -0.2) is 0 Å². The molecule has 0 heterocycles. The first-order chi connectivity index (χ1) is 6.56. The molecule has 0 amide bonds. The molecule has 1 aromatic rings. The van der Waals surface area contributed by atoms with Crippen molar-refractivity contribution in [1.82, 2.24) is 0 Å². The molecule has 0 aliphatic rings. The lowest BCUT2D eigenvalue weighted by atomic mass is 9.99. The first kappa shape index (κ1) is 12.0. The fourth-order valence-electron chi connectivity index (χ4n) is 1.67. The van der Waals surface area contributed by atoms with E-state index >= 15 is 0 Å². The van der Waals surface area contributed by atoms with Crippen LogP contribution in [0.15, 0.2) is 12.1 Å². The number of halogens is 1. The van der Waals surface area contributed by atoms with Gasteiger partial charge in [0.05, 0.1) is 0 Å². The van der Waals surface area contributed by atoms with Gasteiger partial charge in [0, 0.05) is 9.61 Å². The van der Waals surface area contributed by atoms with Crippen molar-refractivity contribution in [3.63, 3.8) is 0 Å². The lowest BCUT2D eigenvalue weighted by molar-refractivity contribution is 0.637. The Morgan fingerprint density at radius 2 is 1.79 bits per heavy atom. The minimum atomic E-state index is 0.203. The Hall–Kier alpha value is -0.0900. The third kappa shape index (κ3) is 2.70. The third-order valence-corrected chi connectivity index (χ3v) is 4.19. The lowest BCUT2D eigenvalue weighted by Gasteiger charge is -2.14. The number of nitrogens with two attached hydrogens (primary N) is 1. The summed E-state index contributed by atoms with van der Waals surface area (Å²) in [6.07, 6.45) is 2.21. The highest BCUT2D eigenvalue weighted by Crippen LogP contribution is 2.23. The second-order valence-electron chi connectivity index (χ2n) is 3.86. The molecular formula is C12H18IN. The number of hydrogen-bond donors (Lipinski definition) is 1. The molecule has 0 saturated carbocycles. The van der Waals surface area contributed by atoms with Gasteiger partial charge in [0.15, 0.2) is 0 Å². The van der Waals surface area contributed by atoms with Crippen LogP contribution in [0, 0.1) is 17.4 Å². The molecule has 14 heavy (non-hydrogen) atoms. The molecule has 0 aliphatic heterocycles. The molecule has 0 aliphatic carbocycles. The predicted molar refractivity (Wildman–Crippen MR) is 70.5 cm³/mol. The van der Waals surface area contributed by atoms with Crippen LogP contribution in [0.1, 0.15) is 42.5 Å². The van der Waals surface area contributed by atoms with Crippen molar-refractivity contribution in [2.45, 2.75) is 39.7 Å². The fraction of sp³-hybridized carbons (Fsp3) is 0.500. The normalized spacial score (nSPS) is 12.9. The molecule has 0 spiro atoms. The minimum Gasteiger partial charge on any atom is -0.324 e. The van der Waals surface area contributed by atoms with Gasteiger partial charge < -0.3 is 5.73 Å². The largest absolute Gasteiger partial charge is 0.324 e. The molecule has 0 bridgehead atoms. The van der Waals surface area contributed by atoms with Crippen LogP contribution >= 0.6 is 22.6 Å². The van der Waals surface area contributed by atoms with E-state index in [1.54, 1.807) is 0 Å². The highest BCUT2D eigenvalue weighted by atomic mass is 127. The van der Waals surface area contributed by atoms with Crippen molar-refractivity contribution < 1.29 is 0 Å². The molecule has 1 rings (SSSR count). The van der Waals surface area contributed by atoms with E-state index in [1.807, 2.05) is 0 Å². The van der Waals surface area contributed by atoms with Crippen molar-refractivity contribution in [2.75, 3.05) is 0 Å². The van der Waals surface area contributed by atoms with Crippen LogP contribution in [0.2, 0.25) is 0 Å². The molecule has 1 unspecified atom stereocenters. The maximum atomic E-state index is 6.09. The fourth-order valence-corrected chi connectivity index (χ4v) is 1.98. The van der Waals surface area contributed by atoms with Gasteiger partial charge in [-0.3, -0.25) is 0 Å². The van der Waals surface area contributed by atoms with Crippen LogP contribution in [0.25, 0.3) is 0 Å². The lowest BCUT2D eigenvalue weighted by Crippen LogP contribution is -2.10. The van der Waals surface area contributed by atoms with E-state index in [2.05, 4.69) is 55.5 Å². The molecule has 78 valence electrons. The van der Waals surface area contributed by atoms with Crippen LogP contribution in [0.5, 0.6) is 0 Å². The van der Waals surface area contributed by atoms with E-state index in [4.69, 9.17) is 5.73 Å². The molecule has 1 atom stereocenters. The van der Waals surface area contributed by atoms with Gasteiger partial charge in [-0.1, -0.05) is 25.5 Å². The average molecular weight is 303 g/mol. The summed E-state index contributed by atoms with van der Waals surface area (Å²) in [6, 6.07) is 4.64. The summed E-state index contributed by atoms with van der Waals surface area (Å²) in [5, 5.41) is 0. The van der Waals surface area contributed by atoms with Gasteiger partial charge in [0.2, 0.25) is 0 Å². The van der Waals surface area contributed by atoms with Gasteiger partial charge in [-0.15, -0.1) is 0 Å². The van der Waals surface area contributed by atoms with Gasteiger partial charge in [-0.05, 0) is 59.5 Å². The Labute approximate surface area is 100 Å². The summed E-state index contributed by atoms with van der Waals surface area (Å²) in [4.78, 5) is 0. The first-order valence-electron chi connectivity index (χ1n) is 5.08. The molecule has 0 fully saturated rings. The summed E-state index contributed by atoms with van der Waals surface area (Å²) >= 11 is 2.39. The minimum absolute atomic E-state index is 0.203. The second-order valence-corrected chi connectivity index (χ2v) is 4.94. The van der Waals surface area contributed by atoms with Crippen LogP contribution in [-0.2, 0) is 0 Å². The number of rotatable bonds is 3. The second kappa shape index (κ2) is 5.12. The van der Waals surface area contributed by atoms with E-state index in [0.29, 0.717) is 0 Å². The van der Waals surface area contributed by atoms with Crippen LogP contribution in [0.4, 0.5) is 0 Å². The van der Waals surface area contributed by atoms with Gasteiger partial charge in [0.1, 0.15) is 0 Å². The molecule has 0 aromatic heterocycles. The molecular weight excluding hydrogens is 285 g/mol. The standard InChI is InChI=1S/C12H18IN/c1-4-5-11(14)10-6-8(2)12(13)9(3)7-10/h6-7,11H,4-5,14H2,1-3H3. The van der Waals surface area contributed by atoms with E-state index in [-0.39, 0.29) is 6.04 Å². The zero-order chi connectivity index (χ0) is 10.7. The zero-order valence-corrected chi connectivity index (χ0v) is 11.3. The smallest absolute Gasteiger partial charge is 0.0294 e. The predicted octanol–water partition coefficient (Wildman–Crippen LogP) is 3.71. The SMILES string of the molecule is CCCC(N)c1cc(C)c(I)c(C)c1. The van der Waals surface area contributed by atoms with Crippen molar-refractivity contribution in [2.24, 2.45) is 5.73 Å².